The van der Waals surface area contributed by atoms with E-state index in [0.29, 0.717) is 12.1 Å². The molecule has 0 aliphatic rings. The van der Waals surface area contributed by atoms with Gasteiger partial charge in [-0.25, -0.2) is 0 Å². The Labute approximate surface area is 106 Å². The number of fused-ring (bicyclic) bond motifs is 1. The second kappa shape index (κ2) is 4.96. The fourth-order valence-electron chi connectivity index (χ4n) is 1.98. The van der Waals surface area contributed by atoms with Gasteiger partial charge in [0.15, 0.2) is 0 Å². The van der Waals surface area contributed by atoms with Gasteiger partial charge in [0.2, 0.25) is 0 Å². The monoisotopic (exact) mass is 244 g/mol. The minimum Gasteiger partial charge on any atom is -0.497 e. The van der Waals surface area contributed by atoms with Gasteiger partial charge in [-0.15, -0.1) is 6.58 Å². The lowest BCUT2D eigenvalue weighted by Gasteiger charge is -2.03. The van der Waals surface area contributed by atoms with Gasteiger partial charge in [-0.1, -0.05) is 6.08 Å². The predicted molar refractivity (Wildman–Crippen MR) is 72.1 cm³/mol. The number of amides is 1. The molecule has 18 heavy (non-hydrogen) atoms. The SMILES string of the molecule is C=CCNC(=O)c1c(C)[nH]c2cc(OC)ccc12. The Hall–Kier alpha value is -2.23. The van der Waals surface area contributed by atoms with Crippen molar-refractivity contribution in [2.45, 2.75) is 6.92 Å². The molecule has 0 radical (unpaired) electrons. The average molecular weight is 244 g/mol. The first-order chi connectivity index (χ1) is 8.67. The van der Waals surface area contributed by atoms with Crippen LogP contribution in [0.2, 0.25) is 0 Å². The third-order valence-corrected chi connectivity index (χ3v) is 2.83. The van der Waals surface area contributed by atoms with Crippen molar-refractivity contribution in [2.24, 2.45) is 0 Å². The fraction of sp³-hybridized carbons (Fsp3) is 0.214. The van der Waals surface area contributed by atoms with Crippen LogP contribution < -0.4 is 10.1 Å². The number of hydrogen-bond donors (Lipinski definition) is 2. The number of hydrogen-bond acceptors (Lipinski definition) is 2. The molecule has 0 unspecified atom stereocenters. The van der Waals surface area contributed by atoms with E-state index in [1.807, 2.05) is 25.1 Å². The van der Waals surface area contributed by atoms with Crippen molar-refractivity contribution in [2.75, 3.05) is 13.7 Å². The van der Waals surface area contributed by atoms with Crippen molar-refractivity contribution in [3.8, 4) is 5.75 Å². The number of H-pyrrole nitrogens is 1. The van der Waals surface area contributed by atoms with Crippen LogP contribution >= 0.6 is 0 Å². The molecule has 0 atom stereocenters. The van der Waals surface area contributed by atoms with Crippen LogP contribution in [0.25, 0.3) is 10.9 Å². The third-order valence-electron chi connectivity index (χ3n) is 2.83. The van der Waals surface area contributed by atoms with Gasteiger partial charge in [-0.05, 0) is 19.1 Å². The zero-order valence-corrected chi connectivity index (χ0v) is 10.5. The quantitative estimate of drug-likeness (QED) is 0.811. The molecule has 1 aromatic heterocycles. The number of methoxy groups -OCH3 is 1. The zero-order valence-electron chi connectivity index (χ0n) is 10.5. The lowest BCUT2D eigenvalue weighted by Crippen LogP contribution is -2.23. The number of aryl methyl sites for hydroxylation is 1. The van der Waals surface area contributed by atoms with Crippen LogP contribution in [0.4, 0.5) is 0 Å². The van der Waals surface area contributed by atoms with Crippen LogP contribution in [0.1, 0.15) is 16.1 Å². The number of nitrogens with one attached hydrogen (secondary N) is 2. The number of ether oxygens (including phenoxy) is 1. The number of carbonyl (C=O) groups is 1. The first-order valence-corrected chi connectivity index (χ1v) is 5.72. The van der Waals surface area contributed by atoms with E-state index in [4.69, 9.17) is 4.74 Å². The molecule has 2 rings (SSSR count). The normalized spacial score (nSPS) is 10.3. The van der Waals surface area contributed by atoms with Gasteiger partial charge in [0.1, 0.15) is 5.75 Å². The van der Waals surface area contributed by atoms with Gasteiger partial charge in [0.05, 0.1) is 18.2 Å². The fourth-order valence-corrected chi connectivity index (χ4v) is 1.98. The minimum absolute atomic E-state index is 0.0937. The molecule has 0 bridgehead atoms. The molecule has 0 saturated heterocycles. The summed E-state index contributed by atoms with van der Waals surface area (Å²) < 4.78 is 5.16. The molecular weight excluding hydrogens is 228 g/mol. The summed E-state index contributed by atoms with van der Waals surface area (Å²) in [5.74, 6) is 0.672. The van der Waals surface area contributed by atoms with Crippen molar-refractivity contribution in [1.82, 2.24) is 10.3 Å². The van der Waals surface area contributed by atoms with E-state index in [0.717, 1.165) is 22.3 Å². The lowest BCUT2D eigenvalue weighted by molar-refractivity contribution is 0.0959. The van der Waals surface area contributed by atoms with Crippen LogP contribution in [0, 0.1) is 6.92 Å². The molecule has 4 nitrogen and oxygen atoms in total. The maximum absolute atomic E-state index is 12.0. The Morgan fingerprint density at radius 3 is 3.00 bits per heavy atom. The minimum atomic E-state index is -0.0937. The van der Waals surface area contributed by atoms with Gasteiger partial charge in [0, 0.05) is 23.7 Å². The topological polar surface area (TPSA) is 54.1 Å². The van der Waals surface area contributed by atoms with E-state index in [1.54, 1.807) is 13.2 Å². The van der Waals surface area contributed by atoms with Gasteiger partial charge < -0.3 is 15.0 Å². The summed E-state index contributed by atoms with van der Waals surface area (Å²) >= 11 is 0. The summed E-state index contributed by atoms with van der Waals surface area (Å²) in [4.78, 5) is 15.2. The predicted octanol–water partition coefficient (Wildman–Crippen LogP) is 2.40. The van der Waals surface area contributed by atoms with Crippen molar-refractivity contribution in [3.05, 3.63) is 42.1 Å². The molecule has 1 heterocycles. The molecule has 1 aromatic carbocycles. The first kappa shape index (κ1) is 12.2. The van der Waals surface area contributed by atoms with Gasteiger partial charge in [-0.2, -0.15) is 0 Å². The standard InChI is InChI=1S/C14H16N2O2/c1-4-7-15-14(17)13-9(2)16-12-8-10(18-3)5-6-11(12)13/h4-6,8,16H,1,7H2,2-3H3,(H,15,17). The Morgan fingerprint density at radius 1 is 1.56 bits per heavy atom. The van der Waals surface area contributed by atoms with Crippen LogP contribution in [-0.4, -0.2) is 24.5 Å². The largest absolute Gasteiger partial charge is 0.497 e. The summed E-state index contributed by atoms with van der Waals surface area (Å²) in [5.41, 5.74) is 2.42. The Kier molecular flexibility index (Phi) is 3.37. The second-order valence-corrected chi connectivity index (χ2v) is 4.04. The van der Waals surface area contributed by atoms with Crippen molar-refractivity contribution < 1.29 is 9.53 Å². The highest BCUT2D eigenvalue weighted by Gasteiger charge is 2.15. The summed E-state index contributed by atoms with van der Waals surface area (Å²) in [7, 11) is 1.62. The molecule has 0 aliphatic carbocycles. The highest BCUT2D eigenvalue weighted by molar-refractivity contribution is 6.08. The van der Waals surface area contributed by atoms with E-state index in [2.05, 4.69) is 16.9 Å². The smallest absolute Gasteiger partial charge is 0.253 e. The molecule has 0 saturated carbocycles. The van der Waals surface area contributed by atoms with E-state index >= 15 is 0 Å². The molecule has 94 valence electrons. The number of benzene rings is 1. The number of aromatic amines is 1. The molecule has 4 heteroatoms. The molecule has 0 spiro atoms. The highest BCUT2D eigenvalue weighted by Crippen LogP contribution is 2.25. The Morgan fingerprint density at radius 2 is 2.33 bits per heavy atom. The Balaban J connectivity index is 2.47. The van der Waals surface area contributed by atoms with Gasteiger partial charge >= 0.3 is 0 Å². The molecular formula is C14H16N2O2. The van der Waals surface area contributed by atoms with Gasteiger partial charge in [-0.3, -0.25) is 4.79 Å². The van der Waals surface area contributed by atoms with Crippen molar-refractivity contribution in [3.63, 3.8) is 0 Å². The highest BCUT2D eigenvalue weighted by atomic mass is 16.5. The summed E-state index contributed by atoms with van der Waals surface area (Å²) in [5, 5.41) is 3.69. The molecule has 0 aliphatic heterocycles. The van der Waals surface area contributed by atoms with Crippen LogP contribution in [-0.2, 0) is 0 Å². The van der Waals surface area contributed by atoms with E-state index < -0.39 is 0 Å². The number of aromatic nitrogens is 1. The van der Waals surface area contributed by atoms with Crippen LogP contribution in [0.5, 0.6) is 5.75 Å². The molecule has 2 N–H and O–H groups in total. The Bertz CT molecular complexity index is 599. The van der Waals surface area contributed by atoms with E-state index in [-0.39, 0.29) is 5.91 Å². The third kappa shape index (κ3) is 2.09. The summed E-state index contributed by atoms with van der Waals surface area (Å²) in [6.45, 7) is 5.93. The van der Waals surface area contributed by atoms with Crippen LogP contribution in [0.3, 0.4) is 0 Å². The van der Waals surface area contributed by atoms with E-state index in [1.165, 1.54) is 0 Å². The second-order valence-electron chi connectivity index (χ2n) is 4.04. The maximum atomic E-state index is 12.0. The molecule has 0 fully saturated rings. The van der Waals surface area contributed by atoms with Crippen molar-refractivity contribution >= 4 is 16.8 Å². The zero-order chi connectivity index (χ0) is 13.1. The van der Waals surface area contributed by atoms with Crippen LogP contribution in [0.15, 0.2) is 30.9 Å². The molecule has 1 amide bonds. The lowest BCUT2D eigenvalue weighted by atomic mass is 10.1. The van der Waals surface area contributed by atoms with Gasteiger partial charge in [0.25, 0.3) is 5.91 Å². The summed E-state index contributed by atoms with van der Waals surface area (Å²) in [6, 6.07) is 5.62. The maximum Gasteiger partial charge on any atom is 0.253 e. The van der Waals surface area contributed by atoms with Crippen molar-refractivity contribution in [1.29, 1.82) is 0 Å². The first-order valence-electron chi connectivity index (χ1n) is 5.72. The van der Waals surface area contributed by atoms with E-state index in [9.17, 15) is 4.79 Å². The average Bonchev–Trinajstić information content (AvgIpc) is 2.70. The number of carbonyl (C=O) groups excluding carboxylic acids is 1. The summed E-state index contributed by atoms with van der Waals surface area (Å²) in [6.07, 6.45) is 1.66. The molecule has 2 aromatic rings. The number of rotatable bonds is 4.